The van der Waals surface area contributed by atoms with Gasteiger partial charge in [-0.05, 0) is 0 Å². The molecule has 1 saturated heterocycles. The van der Waals surface area contributed by atoms with Gasteiger partial charge in [0.25, 0.3) is 0 Å². The minimum absolute atomic E-state index is 0.0468. The smallest absolute Gasteiger partial charge is 0.239 e. The van der Waals surface area contributed by atoms with Crippen LogP contribution in [0.15, 0.2) is 6.20 Å². The largest absolute Gasteiger partial charge is 0.368 e. The number of nitrogens with two attached hydrogens (primary N) is 1. The highest BCUT2D eigenvalue weighted by Gasteiger charge is 2.20. The molecule has 1 aromatic heterocycles. The molecule has 1 amide bonds. The van der Waals surface area contributed by atoms with Crippen molar-refractivity contribution in [3.8, 4) is 0 Å². The molecule has 0 aliphatic carbocycles. The van der Waals surface area contributed by atoms with Crippen molar-refractivity contribution in [1.82, 2.24) is 15.3 Å². The second-order valence-corrected chi connectivity index (χ2v) is 3.58. The van der Waals surface area contributed by atoms with Crippen LogP contribution in [0, 0.1) is 0 Å². The standard InChI is InChI=1S/C8H10ClN5O/c9-5-3-12-8(10)13-7(5)14-2-1-11-6(15)4-14/h3H,1-2,4H2,(H,11,15)(H2,10,12,13). The van der Waals surface area contributed by atoms with Gasteiger partial charge in [-0.1, -0.05) is 11.6 Å². The Morgan fingerprint density at radius 2 is 2.40 bits per heavy atom. The van der Waals surface area contributed by atoms with Crippen molar-refractivity contribution in [3.63, 3.8) is 0 Å². The zero-order valence-electron chi connectivity index (χ0n) is 7.90. The molecule has 0 radical (unpaired) electrons. The molecular weight excluding hydrogens is 218 g/mol. The number of halogens is 1. The zero-order chi connectivity index (χ0) is 10.8. The molecule has 1 aromatic rings. The van der Waals surface area contributed by atoms with Crippen molar-refractivity contribution in [2.75, 3.05) is 30.3 Å². The van der Waals surface area contributed by atoms with Crippen LogP contribution in [-0.2, 0) is 4.79 Å². The monoisotopic (exact) mass is 227 g/mol. The number of amides is 1. The molecule has 0 spiro atoms. The SMILES string of the molecule is Nc1ncc(Cl)c(N2CCNC(=O)C2)n1. The molecule has 80 valence electrons. The fraction of sp³-hybridized carbons (Fsp3) is 0.375. The first-order valence-electron chi connectivity index (χ1n) is 4.46. The van der Waals surface area contributed by atoms with Crippen molar-refractivity contribution < 1.29 is 4.79 Å². The van der Waals surface area contributed by atoms with Crippen molar-refractivity contribution in [1.29, 1.82) is 0 Å². The summed E-state index contributed by atoms with van der Waals surface area (Å²) in [5.41, 5.74) is 5.46. The van der Waals surface area contributed by atoms with Gasteiger partial charge in [-0.15, -0.1) is 0 Å². The summed E-state index contributed by atoms with van der Waals surface area (Å²) in [6.45, 7) is 1.50. The van der Waals surface area contributed by atoms with Crippen LogP contribution in [0.3, 0.4) is 0 Å². The molecule has 7 heteroatoms. The van der Waals surface area contributed by atoms with E-state index in [2.05, 4.69) is 15.3 Å². The number of carbonyl (C=O) groups excluding carboxylic acids is 1. The molecule has 6 nitrogen and oxygen atoms in total. The minimum atomic E-state index is -0.0468. The number of piperazine rings is 1. The summed E-state index contributed by atoms with van der Waals surface area (Å²) in [4.78, 5) is 20.7. The number of rotatable bonds is 1. The van der Waals surface area contributed by atoms with E-state index in [1.54, 1.807) is 4.90 Å². The van der Waals surface area contributed by atoms with Gasteiger partial charge in [0.2, 0.25) is 11.9 Å². The Balaban J connectivity index is 2.27. The molecule has 0 unspecified atom stereocenters. The van der Waals surface area contributed by atoms with Gasteiger partial charge in [0.15, 0.2) is 5.82 Å². The van der Waals surface area contributed by atoms with Gasteiger partial charge in [-0.2, -0.15) is 4.98 Å². The third kappa shape index (κ3) is 2.10. The summed E-state index contributed by atoms with van der Waals surface area (Å²) >= 11 is 5.92. The van der Waals surface area contributed by atoms with Gasteiger partial charge in [-0.3, -0.25) is 4.79 Å². The van der Waals surface area contributed by atoms with Crippen LogP contribution in [0.1, 0.15) is 0 Å². The van der Waals surface area contributed by atoms with Crippen LogP contribution in [0.25, 0.3) is 0 Å². The minimum Gasteiger partial charge on any atom is -0.368 e. The van der Waals surface area contributed by atoms with E-state index >= 15 is 0 Å². The molecule has 1 aliphatic heterocycles. The first kappa shape index (κ1) is 9.97. The predicted octanol–water partition coefficient (Wildman–Crippen LogP) is -0.352. The van der Waals surface area contributed by atoms with Crippen molar-refractivity contribution in [2.45, 2.75) is 0 Å². The van der Waals surface area contributed by atoms with Gasteiger partial charge in [0, 0.05) is 13.1 Å². The van der Waals surface area contributed by atoms with Crippen LogP contribution in [-0.4, -0.2) is 35.5 Å². The number of anilines is 2. The van der Waals surface area contributed by atoms with E-state index in [4.69, 9.17) is 17.3 Å². The molecule has 15 heavy (non-hydrogen) atoms. The van der Waals surface area contributed by atoms with Crippen molar-refractivity contribution >= 4 is 29.3 Å². The summed E-state index contributed by atoms with van der Waals surface area (Å²) in [6.07, 6.45) is 1.44. The Hall–Kier alpha value is -1.56. The lowest BCUT2D eigenvalue weighted by Crippen LogP contribution is -2.48. The summed E-state index contributed by atoms with van der Waals surface area (Å²) in [6, 6.07) is 0. The van der Waals surface area contributed by atoms with E-state index < -0.39 is 0 Å². The molecule has 0 aromatic carbocycles. The maximum atomic E-state index is 11.2. The quantitative estimate of drug-likeness (QED) is 0.685. The average molecular weight is 228 g/mol. The Kier molecular flexibility index (Phi) is 2.59. The summed E-state index contributed by atoms with van der Waals surface area (Å²) in [7, 11) is 0. The van der Waals surface area contributed by atoms with Crippen molar-refractivity contribution in [3.05, 3.63) is 11.2 Å². The maximum absolute atomic E-state index is 11.2. The van der Waals surface area contributed by atoms with Crippen LogP contribution in [0.5, 0.6) is 0 Å². The average Bonchev–Trinajstić information content (AvgIpc) is 2.22. The topological polar surface area (TPSA) is 84.1 Å². The summed E-state index contributed by atoms with van der Waals surface area (Å²) in [5.74, 6) is 0.619. The third-order valence-electron chi connectivity index (χ3n) is 2.08. The number of nitrogen functional groups attached to an aromatic ring is 1. The van der Waals surface area contributed by atoms with E-state index in [1.165, 1.54) is 6.20 Å². The highest BCUT2D eigenvalue weighted by Crippen LogP contribution is 2.23. The van der Waals surface area contributed by atoms with Crippen LogP contribution in [0.4, 0.5) is 11.8 Å². The lowest BCUT2D eigenvalue weighted by Gasteiger charge is -2.28. The number of carbonyl (C=O) groups is 1. The van der Waals surface area contributed by atoms with E-state index in [0.29, 0.717) is 23.9 Å². The van der Waals surface area contributed by atoms with E-state index in [-0.39, 0.29) is 18.4 Å². The molecule has 0 bridgehead atoms. The van der Waals surface area contributed by atoms with Crippen LogP contribution < -0.4 is 16.0 Å². The number of hydrogen-bond donors (Lipinski definition) is 2. The highest BCUT2D eigenvalue weighted by molar-refractivity contribution is 6.32. The Labute approximate surface area is 91.4 Å². The first-order valence-corrected chi connectivity index (χ1v) is 4.84. The fourth-order valence-electron chi connectivity index (χ4n) is 1.41. The van der Waals surface area contributed by atoms with Crippen molar-refractivity contribution in [2.24, 2.45) is 0 Å². The molecule has 0 atom stereocenters. The molecule has 2 rings (SSSR count). The number of nitrogens with zero attached hydrogens (tertiary/aromatic N) is 3. The number of aromatic nitrogens is 2. The molecule has 2 heterocycles. The van der Waals surface area contributed by atoms with E-state index in [1.807, 2.05) is 0 Å². The Morgan fingerprint density at radius 1 is 1.60 bits per heavy atom. The molecule has 3 N–H and O–H groups in total. The summed E-state index contributed by atoms with van der Waals surface area (Å²) < 4.78 is 0. The number of hydrogen-bond acceptors (Lipinski definition) is 5. The lowest BCUT2D eigenvalue weighted by molar-refractivity contribution is -0.120. The molecule has 1 aliphatic rings. The molecular formula is C8H10ClN5O. The maximum Gasteiger partial charge on any atom is 0.239 e. The zero-order valence-corrected chi connectivity index (χ0v) is 8.66. The summed E-state index contributed by atoms with van der Waals surface area (Å²) in [5, 5.41) is 3.12. The van der Waals surface area contributed by atoms with Crippen LogP contribution in [0.2, 0.25) is 5.02 Å². The Morgan fingerprint density at radius 3 is 3.13 bits per heavy atom. The van der Waals surface area contributed by atoms with Gasteiger partial charge >= 0.3 is 0 Å². The number of nitrogens with one attached hydrogen (secondary N) is 1. The third-order valence-corrected chi connectivity index (χ3v) is 2.35. The van der Waals surface area contributed by atoms with Gasteiger partial charge in [0.05, 0.1) is 12.7 Å². The first-order chi connectivity index (χ1) is 7.16. The van der Waals surface area contributed by atoms with Crippen LogP contribution >= 0.6 is 11.6 Å². The van der Waals surface area contributed by atoms with Gasteiger partial charge in [0.1, 0.15) is 5.02 Å². The van der Waals surface area contributed by atoms with Gasteiger partial charge < -0.3 is 16.0 Å². The highest BCUT2D eigenvalue weighted by atomic mass is 35.5. The fourth-order valence-corrected chi connectivity index (χ4v) is 1.62. The second-order valence-electron chi connectivity index (χ2n) is 3.17. The predicted molar refractivity (Wildman–Crippen MR) is 56.7 cm³/mol. The Bertz CT molecular complexity index is 397. The van der Waals surface area contributed by atoms with Gasteiger partial charge in [-0.25, -0.2) is 4.98 Å². The van der Waals surface area contributed by atoms with E-state index in [9.17, 15) is 4.79 Å². The normalized spacial score (nSPS) is 16.3. The molecule has 1 fully saturated rings. The molecule has 0 saturated carbocycles. The lowest BCUT2D eigenvalue weighted by atomic mass is 10.3. The van der Waals surface area contributed by atoms with E-state index in [0.717, 1.165) is 0 Å². The second kappa shape index (κ2) is 3.90.